The van der Waals surface area contributed by atoms with Gasteiger partial charge in [-0.15, -0.1) is 0 Å². The molecular formula is C23H18Cl2N2O2. The van der Waals surface area contributed by atoms with Crippen molar-refractivity contribution in [2.24, 2.45) is 0 Å². The van der Waals surface area contributed by atoms with Crippen LogP contribution < -0.4 is 10.2 Å². The molecule has 6 heteroatoms. The number of hydrogen-bond donors (Lipinski definition) is 1. The van der Waals surface area contributed by atoms with Gasteiger partial charge in [-0.25, -0.2) is 0 Å². The molecule has 1 aliphatic heterocycles. The van der Waals surface area contributed by atoms with E-state index in [1.807, 2.05) is 42.5 Å². The maximum atomic E-state index is 12.6. The first-order valence-corrected chi connectivity index (χ1v) is 10.0. The average Bonchev–Trinajstić information content (AvgIpc) is 2.71. The molecule has 4 nitrogen and oxygen atoms in total. The molecule has 146 valence electrons. The van der Waals surface area contributed by atoms with Gasteiger partial charge in [0.25, 0.3) is 5.91 Å². The number of hydrogen-bond acceptors (Lipinski definition) is 2. The van der Waals surface area contributed by atoms with Crippen LogP contribution in [-0.4, -0.2) is 11.8 Å². The fourth-order valence-electron chi connectivity index (χ4n) is 3.45. The van der Waals surface area contributed by atoms with Gasteiger partial charge in [0, 0.05) is 22.8 Å². The molecule has 1 N–H and O–H groups in total. The first-order chi connectivity index (χ1) is 14.0. The number of nitrogens with one attached hydrogen (secondary N) is 1. The molecule has 3 aromatic rings. The van der Waals surface area contributed by atoms with Crippen molar-refractivity contribution in [3.05, 3.63) is 93.5 Å². The molecule has 0 unspecified atom stereocenters. The van der Waals surface area contributed by atoms with E-state index in [1.165, 1.54) is 6.07 Å². The molecule has 2 amide bonds. The van der Waals surface area contributed by atoms with E-state index in [-0.39, 0.29) is 11.8 Å². The Bertz CT molecular complexity index is 1080. The first kappa shape index (κ1) is 19.5. The summed E-state index contributed by atoms with van der Waals surface area (Å²) in [5.41, 5.74) is 4.00. The second kappa shape index (κ2) is 8.27. The van der Waals surface area contributed by atoms with E-state index in [9.17, 15) is 9.59 Å². The molecule has 29 heavy (non-hydrogen) atoms. The van der Waals surface area contributed by atoms with Crippen molar-refractivity contribution in [2.45, 2.75) is 19.4 Å². The van der Waals surface area contributed by atoms with Crippen LogP contribution >= 0.6 is 23.2 Å². The van der Waals surface area contributed by atoms with Gasteiger partial charge in [0.2, 0.25) is 5.91 Å². The number of fused-ring (bicyclic) bond motifs is 1. The number of carbonyl (C=O) groups is 2. The lowest BCUT2D eigenvalue weighted by atomic mass is 9.99. The lowest BCUT2D eigenvalue weighted by molar-refractivity contribution is -0.119. The molecule has 0 aromatic heterocycles. The Balaban J connectivity index is 1.56. The molecule has 1 aliphatic rings. The Kier molecular flexibility index (Phi) is 5.56. The van der Waals surface area contributed by atoms with Crippen LogP contribution in [0.3, 0.4) is 0 Å². The van der Waals surface area contributed by atoms with Crippen molar-refractivity contribution in [3.8, 4) is 0 Å². The van der Waals surface area contributed by atoms with E-state index in [0.717, 1.165) is 16.8 Å². The number of anilines is 2. The van der Waals surface area contributed by atoms with E-state index in [2.05, 4.69) is 5.32 Å². The topological polar surface area (TPSA) is 49.4 Å². The van der Waals surface area contributed by atoms with Crippen LogP contribution in [0.15, 0.2) is 66.7 Å². The number of nitrogens with zero attached hydrogens (tertiary/aromatic N) is 1. The molecule has 0 fully saturated rings. The van der Waals surface area contributed by atoms with Gasteiger partial charge < -0.3 is 10.2 Å². The fraction of sp³-hybridized carbons (Fsp3) is 0.130. The summed E-state index contributed by atoms with van der Waals surface area (Å²) in [4.78, 5) is 26.9. The monoisotopic (exact) mass is 424 g/mol. The van der Waals surface area contributed by atoms with Crippen molar-refractivity contribution < 1.29 is 9.59 Å². The van der Waals surface area contributed by atoms with E-state index < -0.39 is 0 Å². The third-order valence-corrected chi connectivity index (χ3v) is 5.44. The highest BCUT2D eigenvalue weighted by Gasteiger charge is 2.24. The number of benzene rings is 3. The fourth-order valence-corrected chi connectivity index (χ4v) is 3.94. The molecule has 3 aromatic carbocycles. The number of carbonyl (C=O) groups excluding carboxylic acids is 2. The molecule has 0 radical (unpaired) electrons. The molecule has 1 heterocycles. The minimum Gasteiger partial charge on any atom is -0.322 e. The van der Waals surface area contributed by atoms with Crippen LogP contribution in [0, 0.1) is 0 Å². The maximum Gasteiger partial charge on any atom is 0.257 e. The highest BCUT2D eigenvalue weighted by atomic mass is 35.5. The van der Waals surface area contributed by atoms with E-state index in [4.69, 9.17) is 23.2 Å². The Morgan fingerprint density at radius 2 is 1.76 bits per heavy atom. The summed E-state index contributed by atoms with van der Waals surface area (Å²) in [5, 5.41) is 3.65. The number of amides is 2. The lowest BCUT2D eigenvalue weighted by Gasteiger charge is -2.30. The molecule has 4 rings (SSSR count). The van der Waals surface area contributed by atoms with Crippen molar-refractivity contribution in [1.29, 1.82) is 0 Å². The summed E-state index contributed by atoms with van der Waals surface area (Å²) in [5.74, 6) is -0.203. The van der Waals surface area contributed by atoms with Crippen LogP contribution in [0.1, 0.15) is 27.9 Å². The van der Waals surface area contributed by atoms with Crippen LogP contribution in [-0.2, 0) is 17.8 Å². The zero-order chi connectivity index (χ0) is 20.4. The maximum absolute atomic E-state index is 12.6. The molecule has 0 saturated carbocycles. The van der Waals surface area contributed by atoms with Gasteiger partial charge in [-0.05, 0) is 53.9 Å². The predicted molar refractivity (Wildman–Crippen MR) is 117 cm³/mol. The largest absolute Gasteiger partial charge is 0.322 e. The van der Waals surface area contributed by atoms with Crippen LogP contribution in [0.25, 0.3) is 0 Å². The zero-order valence-electron chi connectivity index (χ0n) is 15.5. The Labute approximate surface area is 179 Å². The number of halogens is 2. The lowest BCUT2D eigenvalue weighted by Crippen LogP contribution is -2.34. The summed E-state index contributed by atoms with van der Waals surface area (Å²) in [6.07, 6.45) is 1.09. The normalized spacial score (nSPS) is 13.2. The molecule has 0 atom stereocenters. The first-order valence-electron chi connectivity index (χ1n) is 9.25. The van der Waals surface area contributed by atoms with Crippen LogP contribution in [0.5, 0.6) is 0 Å². The quantitative estimate of drug-likeness (QED) is 0.581. The van der Waals surface area contributed by atoms with Crippen molar-refractivity contribution in [1.82, 2.24) is 0 Å². The second-order valence-corrected chi connectivity index (χ2v) is 7.73. The van der Waals surface area contributed by atoms with E-state index >= 15 is 0 Å². The summed E-state index contributed by atoms with van der Waals surface area (Å²) >= 11 is 12.0. The summed E-state index contributed by atoms with van der Waals surface area (Å²) < 4.78 is 0. The van der Waals surface area contributed by atoms with Gasteiger partial charge >= 0.3 is 0 Å². The van der Waals surface area contributed by atoms with E-state index in [0.29, 0.717) is 40.7 Å². The van der Waals surface area contributed by atoms with Gasteiger partial charge in [0.1, 0.15) is 0 Å². The standard InChI is InChI=1S/C23H18Cl2N2O2/c24-17-7-9-19(20(25)13-17)23(29)26-18-8-10-21-16(12-18)6-11-22(28)27(21)14-15-4-2-1-3-5-15/h1-5,7-10,12-13H,6,11,14H2,(H,26,29). The highest BCUT2D eigenvalue weighted by molar-refractivity contribution is 6.37. The summed E-state index contributed by atoms with van der Waals surface area (Å²) in [6.45, 7) is 0.527. The summed E-state index contributed by atoms with van der Waals surface area (Å²) in [6, 6.07) is 20.3. The average molecular weight is 425 g/mol. The third kappa shape index (κ3) is 4.29. The Hall–Kier alpha value is -2.82. The Morgan fingerprint density at radius 1 is 0.966 bits per heavy atom. The summed E-state index contributed by atoms with van der Waals surface area (Å²) in [7, 11) is 0. The molecule has 0 spiro atoms. The van der Waals surface area contributed by atoms with Crippen LogP contribution in [0.4, 0.5) is 11.4 Å². The van der Waals surface area contributed by atoms with Gasteiger partial charge in [-0.1, -0.05) is 53.5 Å². The zero-order valence-corrected chi connectivity index (χ0v) is 17.0. The third-order valence-electron chi connectivity index (χ3n) is 4.90. The second-order valence-electron chi connectivity index (χ2n) is 6.89. The minimum absolute atomic E-state index is 0.103. The van der Waals surface area contributed by atoms with Gasteiger partial charge in [0.05, 0.1) is 17.1 Å². The molecule has 0 aliphatic carbocycles. The molecular weight excluding hydrogens is 407 g/mol. The molecule has 0 bridgehead atoms. The van der Waals surface area contributed by atoms with Gasteiger partial charge in [0.15, 0.2) is 0 Å². The minimum atomic E-state index is -0.306. The highest BCUT2D eigenvalue weighted by Crippen LogP contribution is 2.32. The van der Waals surface area contributed by atoms with Gasteiger partial charge in [-0.2, -0.15) is 0 Å². The SMILES string of the molecule is O=C(Nc1ccc2c(c1)CCC(=O)N2Cc1ccccc1)c1ccc(Cl)cc1Cl. The number of rotatable bonds is 4. The van der Waals surface area contributed by atoms with Crippen molar-refractivity contribution in [2.75, 3.05) is 10.2 Å². The number of aryl methyl sites for hydroxylation is 1. The van der Waals surface area contributed by atoms with E-state index in [1.54, 1.807) is 23.1 Å². The van der Waals surface area contributed by atoms with Crippen molar-refractivity contribution >= 4 is 46.4 Å². The molecule has 0 saturated heterocycles. The Morgan fingerprint density at radius 3 is 2.52 bits per heavy atom. The van der Waals surface area contributed by atoms with Crippen molar-refractivity contribution in [3.63, 3.8) is 0 Å². The van der Waals surface area contributed by atoms with Gasteiger partial charge in [-0.3, -0.25) is 9.59 Å². The smallest absolute Gasteiger partial charge is 0.257 e. The van der Waals surface area contributed by atoms with Crippen LogP contribution in [0.2, 0.25) is 10.0 Å². The predicted octanol–water partition coefficient (Wildman–Crippen LogP) is 5.73.